The van der Waals surface area contributed by atoms with Crippen LogP contribution in [0.5, 0.6) is 0 Å². The Hall–Kier alpha value is -4.50. The minimum Gasteiger partial charge on any atom is -0.354 e. The minimum atomic E-state index is -0.236. The lowest BCUT2D eigenvalue weighted by Gasteiger charge is -2.33. The van der Waals surface area contributed by atoms with Gasteiger partial charge in [-0.25, -0.2) is 4.98 Å². The number of likely N-dealkylation sites (N-methyl/N-ethyl adjacent to an activating group) is 1. The number of hydrogen-bond donors (Lipinski definition) is 1. The van der Waals surface area contributed by atoms with E-state index in [0.717, 1.165) is 61.5 Å². The number of hydrogen-bond acceptors (Lipinski definition) is 6. The third-order valence-electron chi connectivity index (χ3n) is 8.77. The number of anilines is 2. The molecule has 2 saturated heterocycles. The van der Waals surface area contributed by atoms with Gasteiger partial charge in [-0.2, -0.15) is 5.10 Å². The van der Waals surface area contributed by atoms with Gasteiger partial charge in [0.25, 0.3) is 11.8 Å². The summed E-state index contributed by atoms with van der Waals surface area (Å²) in [6.07, 6.45) is 7.37. The molecule has 9 heteroatoms. The Morgan fingerprint density at radius 1 is 0.814 bits per heavy atom. The molecule has 222 valence electrons. The Labute approximate surface area is 253 Å². The largest absolute Gasteiger partial charge is 0.354 e. The monoisotopic (exact) mass is 577 g/mol. The molecule has 4 aromatic rings. The van der Waals surface area contributed by atoms with Crippen LogP contribution in [0.4, 0.5) is 11.5 Å². The number of aryl methyl sites for hydroxylation is 2. The van der Waals surface area contributed by atoms with Gasteiger partial charge in [-0.15, -0.1) is 0 Å². The second kappa shape index (κ2) is 12.4. The lowest BCUT2D eigenvalue weighted by atomic mass is 9.88. The van der Waals surface area contributed by atoms with Crippen LogP contribution in [-0.2, 0) is 7.05 Å². The molecule has 9 nitrogen and oxygen atoms in total. The zero-order valence-corrected chi connectivity index (χ0v) is 25.2. The summed E-state index contributed by atoms with van der Waals surface area (Å²) >= 11 is 0. The second-order valence-corrected chi connectivity index (χ2v) is 11.8. The third kappa shape index (κ3) is 6.46. The molecule has 1 N–H and O–H groups in total. The Bertz CT molecular complexity index is 1580. The first-order valence-corrected chi connectivity index (χ1v) is 15.0. The number of benzene rings is 2. The first-order valence-electron chi connectivity index (χ1n) is 15.0. The summed E-state index contributed by atoms with van der Waals surface area (Å²) in [5, 5.41) is 7.27. The zero-order chi connectivity index (χ0) is 29.9. The molecule has 2 amide bonds. The van der Waals surface area contributed by atoms with Crippen molar-refractivity contribution in [2.75, 3.05) is 56.5 Å². The number of rotatable bonds is 6. The summed E-state index contributed by atoms with van der Waals surface area (Å²) in [5.74, 6) is 1.08. The SMILES string of the molecule is Cc1ccc(C(=O)N2CCC(c3ccc(-c4cnn(C)c4)cc3)CC2)cc1NC(=O)c1ccc(N2CCN(C)CC2)nc1. The fourth-order valence-corrected chi connectivity index (χ4v) is 5.94. The molecule has 2 aliphatic heterocycles. The molecular weight excluding hydrogens is 538 g/mol. The van der Waals surface area contributed by atoms with Gasteiger partial charge in [-0.05, 0) is 73.7 Å². The van der Waals surface area contributed by atoms with Crippen LogP contribution in [-0.4, -0.2) is 82.7 Å². The van der Waals surface area contributed by atoms with Gasteiger partial charge in [0.15, 0.2) is 0 Å². The topological polar surface area (TPSA) is 86.6 Å². The Morgan fingerprint density at radius 3 is 2.19 bits per heavy atom. The highest BCUT2D eigenvalue weighted by molar-refractivity contribution is 6.05. The molecule has 43 heavy (non-hydrogen) atoms. The van der Waals surface area contributed by atoms with Crippen LogP contribution in [0.2, 0.25) is 0 Å². The molecule has 2 fully saturated rings. The summed E-state index contributed by atoms with van der Waals surface area (Å²) in [6, 6.07) is 18.0. The molecule has 0 unspecified atom stereocenters. The predicted molar refractivity (Wildman–Crippen MR) is 170 cm³/mol. The summed E-state index contributed by atoms with van der Waals surface area (Å²) in [7, 11) is 4.04. The van der Waals surface area contributed by atoms with Crippen LogP contribution in [0.1, 0.15) is 50.6 Å². The highest BCUT2D eigenvalue weighted by Crippen LogP contribution is 2.31. The van der Waals surface area contributed by atoms with Crippen molar-refractivity contribution in [2.45, 2.75) is 25.7 Å². The normalized spacial score (nSPS) is 16.3. The van der Waals surface area contributed by atoms with Crippen LogP contribution in [0, 0.1) is 6.92 Å². The summed E-state index contributed by atoms with van der Waals surface area (Å²) in [6.45, 7) is 7.18. The number of carbonyl (C=O) groups excluding carboxylic acids is 2. The van der Waals surface area contributed by atoms with E-state index in [9.17, 15) is 9.59 Å². The highest BCUT2D eigenvalue weighted by atomic mass is 16.2. The maximum atomic E-state index is 13.5. The number of aromatic nitrogens is 3. The maximum absolute atomic E-state index is 13.5. The zero-order valence-electron chi connectivity index (χ0n) is 25.2. The second-order valence-electron chi connectivity index (χ2n) is 11.8. The van der Waals surface area contributed by atoms with Gasteiger partial charge in [0.2, 0.25) is 0 Å². The van der Waals surface area contributed by atoms with Crippen LogP contribution < -0.4 is 10.2 Å². The van der Waals surface area contributed by atoms with Gasteiger partial charge < -0.3 is 20.0 Å². The van der Waals surface area contributed by atoms with Crippen molar-refractivity contribution in [2.24, 2.45) is 7.05 Å². The predicted octanol–water partition coefficient (Wildman–Crippen LogP) is 4.81. The van der Waals surface area contributed by atoms with E-state index in [4.69, 9.17) is 0 Å². The first kappa shape index (κ1) is 28.6. The van der Waals surface area contributed by atoms with E-state index < -0.39 is 0 Å². The molecule has 2 aliphatic rings. The fourth-order valence-electron chi connectivity index (χ4n) is 5.94. The number of nitrogens with one attached hydrogen (secondary N) is 1. The van der Waals surface area contributed by atoms with E-state index in [1.807, 2.05) is 60.2 Å². The van der Waals surface area contributed by atoms with Gasteiger partial charge in [-0.3, -0.25) is 14.3 Å². The smallest absolute Gasteiger partial charge is 0.257 e. The number of amides is 2. The van der Waals surface area contributed by atoms with Gasteiger partial charge in [0, 0.05) is 75.5 Å². The molecule has 0 bridgehead atoms. The average Bonchev–Trinajstić information content (AvgIpc) is 3.48. The van der Waals surface area contributed by atoms with Gasteiger partial charge >= 0.3 is 0 Å². The molecule has 0 saturated carbocycles. The molecular formula is C34H39N7O2. The van der Waals surface area contributed by atoms with Gasteiger partial charge in [0.05, 0.1) is 11.8 Å². The Morgan fingerprint density at radius 2 is 1.53 bits per heavy atom. The van der Waals surface area contributed by atoms with Crippen molar-refractivity contribution in [3.8, 4) is 11.1 Å². The van der Waals surface area contributed by atoms with E-state index in [0.29, 0.717) is 35.8 Å². The molecule has 0 radical (unpaired) electrons. The van der Waals surface area contributed by atoms with Crippen LogP contribution in [0.15, 0.2) is 73.2 Å². The molecule has 2 aromatic carbocycles. The summed E-state index contributed by atoms with van der Waals surface area (Å²) in [4.78, 5) is 37.6. The first-order chi connectivity index (χ1) is 20.8. The number of piperazine rings is 1. The fraction of sp³-hybridized carbons (Fsp3) is 0.353. The Balaban J connectivity index is 1.05. The number of piperidine rings is 1. The van der Waals surface area contributed by atoms with Gasteiger partial charge in [-0.1, -0.05) is 30.3 Å². The van der Waals surface area contributed by atoms with E-state index in [-0.39, 0.29) is 11.8 Å². The van der Waals surface area contributed by atoms with Crippen LogP contribution in [0.3, 0.4) is 0 Å². The highest BCUT2D eigenvalue weighted by Gasteiger charge is 2.25. The van der Waals surface area contributed by atoms with E-state index in [1.165, 1.54) is 5.56 Å². The molecule has 6 rings (SSSR count). The number of likely N-dealkylation sites (tertiary alicyclic amines) is 1. The van der Waals surface area contributed by atoms with Crippen molar-refractivity contribution in [3.05, 3.63) is 95.4 Å². The van der Waals surface area contributed by atoms with Crippen molar-refractivity contribution < 1.29 is 9.59 Å². The van der Waals surface area contributed by atoms with Crippen molar-refractivity contribution in [1.82, 2.24) is 24.6 Å². The molecule has 0 atom stereocenters. The average molecular weight is 578 g/mol. The van der Waals surface area contributed by atoms with Gasteiger partial charge in [0.1, 0.15) is 5.82 Å². The lowest BCUT2D eigenvalue weighted by molar-refractivity contribution is 0.0712. The molecule has 0 spiro atoms. The standard InChI is InChI=1S/C34H39N7O2/c1-24-4-5-28(20-31(24)37-33(42)29-10-11-32(35-21-29)40-18-16-38(2)17-19-40)34(43)41-14-12-27(13-15-41)25-6-8-26(9-7-25)30-22-36-39(3)23-30/h4-11,20-23,27H,12-19H2,1-3H3,(H,37,42). The minimum absolute atomic E-state index is 0.000861. The number of carbonyl (C=O) groups is 2. The maximum Gasteiger partial charge on any atom is 0.257 e. The van der Waals surface area contributed by atoms with E-state index in [1.54, 1.807) is 12.3 Å². The molecule has 2 aromatic heterocycles. The van der Waals surface area contributed by atoms with E-state index in [2.05, 4.69) is 56.5 Å². The quantitative estimate of drug-likeness (QED) is 0.354. The molecule has 0 aliphatic carbocycles. The molecule has 4 heterocycles. The van der Waals surface area contributed by atoms with Crippen molar-refractivity contribution in [3.63, 3.8) is 0 Å². The van der Waals surface area contributed by atoms with Crippen molar-refractivity contribution >= 4 is 23.3 Å². The summed E-state index contributed by atoms with van der Waals surface area (Å²) < 4.78 is 1.81. The van der Waals surface area contributed by atoms with Crippen LogP contribution in [0.25, 0.3) is 11.1 Å². The van der Waals surface area contributed by atoms with Crippen LogP contribution >= 0.6 is 0 Å². The summed E-state index contributed by atoms with van der Waals surface area (Å²) in [5.41, 5.74) is 6.20. The van der Waals surface area contributed by atoms with Crippen molar-refractivity contribution in [1.29, 1.82) is 0 Å². The van der Waals surface area contributed by atoms with E-state index >= 15 is 0 Å². The number of pyridine rings is 1. The number of nitrogens with zero attached hydrogens (tertiary/aromatic N) is 6. The Kier molecular flexibility index (Phi) is 8.24. The lowest BCUT2D eigenvalue weighted by Crippen LogP contribution is -2.44. The third-order valence-corrected chi connectivity index (χ3v) is 8.77.